The Morgan fingerprint density at radius 1 is 1.65 bits per heavy atom. The Balaban J connectivity index is 2.86. The molecule has 0 saturated heterocycles. The van der Waals surface area contributed by atoms with Crippen LogP contribution in [0.4, 0.5) is 0 Å². The highest BCUT2D eigenvalue weighted by atomic mass is 79.9. The summed E-state index contributed by atoms with van der Waals surface area (Å²) in [6, 6.07) is 7.94. The third kappa shape index (κ3) is 4.32. The highest BCUT2D eigenvalue weighted by Gasteiger charge is 2.17. The number of carbonyl (C=O) groups is 1. The Kier molecular flexibility index (Phi) is 5.38. The van der Waals surface area contributed by atoms with Crippen LogP contribution in [0.5, 0.6) is 0 Å². The number of halogens is 1. The van der Waals surface area contributed by atoms with Crippen LogP contribution in [0.2, 0.25) is 0 Å². The summed E-state index contributed by atoms with van der Waals surface area (Å²) in [5.74, 6) is -0.825. The van der Waals surface area contributed by atoms with Gasteiger partial charge in [-0.2, -0.15) is 0 Å². The fraction of sp³-hybridized carbons (Fsp3) is 0.308. The van der Waals surface area contributed by atoms with E-state index in [1.165, 1.54) is 0 Å². The molecule has 17 heavy (non-hydrogen) atoms. The zero-order valence-electron chi connectivity index (χ0n) is 9.77. The molecule has 0 radical (unpaired) electrons. The van der Waals surface area contributed by atoms with Crippen LogP contribution < -0.4 is 0 Å². The maximum absolute atomic E-state index is 10.8. The van der Waals surface area contributed by atoms with Gasteiger partial charge in [-0.15, -0.1) is 6.58 Å². The first-order valence-electron chi connectivity index (χ1n) is 5.36. The summed E-state index contributed by atoms with van der Waals surface area (Å²) in [5, 5.41) is 8.88. The second-order valence-corrected chi connectivity index (χ2v) is 4.76. The molecule has 0 aliphatic rings. The lowest BCUT2D eigenvalue weighted by Crippen LogP contribution is -2.32. The highest BCUT2D eigenvalue weighted by molar-refractivity contribution is 9.10. The van der Waals surface area contributed by atoms with Crippen LogP contribution in [0.15, 0.2) is 41.4 Å². The van der Waals surface area contributed by atoms with Crippen molar-refractivity contribution in [3.05, 3.63) is 47.0 Å². The Morgan fingerprint density at radius 2 is 2.35 bits per heavy atom. The van der Waals surface area contributed by atoms with Crippen LogP contribution in [-0.2, 0) is 4.79 Å². The van der Waals surface area contributed by atoms with Gasteiger partial charge in [0, 0.05) is 17.1 Å². The van der Waals surface area contributed by atoms with Gasteiger partial charge in [-0.25, -0.2) is 0 Å². The molecule has 0 spiro atoms. The molecule has 92 valence electrons. The van der Waals surface area contributed by atoms with Gasteiger partial charge >= 0.3 is 5.97 Å². The molecule has 0 aliphatic carbocycles. The molecule has 1 unspecified atom stereocenters. The van der Waals surface area contributed by atoms with E-state index in [9.17, 15) is 4.79 Å². The van der Waals surface area contributed by atoms with Crippen molar-refractivity contribution in [1.29, 1.82) is 0 Å². The van der Waals surface area contributed by atoms with Crippen LogP contribution in [0.3, 0.4) is 0 Å². The van der Waals surface area contributed by atoms with E-state index < -0.39 is 5.97 Å². The summed E-state index contributed by atoms with van der Waals surface area (Å²) in [6.07, 6.45) is 1.72. The molecule has 1 N–H and O–H groups in total. The lowest BCUT2D eigenvalue weighted by Gasteiger charge is -2.26. The number of carboxylic acids is 1. The summed E-state index contributed by atoms with van der Waals surface area (Å²) < 4.78 is 0.996. The minimum Gasteiger partial charge on any atom is -0.480 e. The van der Waals surface area contributed by atoms with E-state index in [1.54, 1.807) is 6.08 Å². The molecule has 0 aromatic heterocycles. The van der Waals surface area contributed by atoms with E-state index >= 15 is 0 Å². The van der Waals surface area contributed by atoms with Crippen LogP contribution >= 0.6 is 15.9 Å². The smallest absolute Gasteiger partial charge is 0.317 e. The summed E-state index contributed by atoms with van der Waals surface area (Å²) in [7, 11) is 0. The molecule has 1 aromatic carbocycles. The average molecular weight is 298 g/mol. The summed E-state index contributed by atoms with van der Waals surface area (Å²) in [5.41, 5.74) is 1.09. The summed E-state index contributed by atoms with van der Waals surface area (Å²) in [4.78, 5) is 12.7. The van der Waals surface area contributed by atoms with Crippen molar-refractivity contribution in [1.82, 2.24) is 4.90 Å². The number of carboxylic acid groups (broad SMARTS) is 1. The van der Waals surface area contributed by atoms with Crippen LogP contribution in [0, 0.1) is 0 Å². The maximum Gasteiger partial charge on any atom is 0.317 e. The number of nitrogens with zero attached hydrogens (tertiary/aromatic N) is 1. The normalized spacial score (nSPS) is 12.4. The first-order chi connectivity index (χ1) is 8.04. The molecule has 1 rings (SSSR count). The minimum atomic E-state index is -0.825. The molecule has 0 aliphatic heterocycles. The van der Waals surface area contributed by atoms with Crippen molar-refractivity contribution < 1.29 is 9.90 Å². The molecular formula is C13H16BrNO2. The van der Waals surface area contributed by atoms with Gasteiger partial charge in [0.25, 0.3) is 0 Å². The van der Waals surface area contributed by atoms with Gasteiger partial charge in [0.05, 0.1) is 6.54 Å². The second kappa shape index (κ2) is 6.57. The quantitative estimate of drug-likeness (QED) is 0.821. The van der Waals surface area contributed by atoms with Crippen molar-refractivity contribution >= 4 is 21.9 Å². The van der Waals surface area contributed by atoms with E-state index in [0.717, 1.165) is 10.0 Å². The first-order valence-corrected chi connectivity index (χ1v) is 6.16. The minimum absolute atomic E-state index is 0.0136. The first kappa shape index (κ1) is 13.9. The van der Waals surface area contributed by atoms with Gasteiger partial charge in [0.2, 0.25) is 0 Å². The molecule has 3 nitrogen and oxygen atoms in total. The lowest BCUT2D eigenvalue weighted by atomic mass is 10.1. The third-order valence-electron chi connectivity index (χ3n) is 2.58. The molecule has 0 saturated carbocycles. The van der Waals surface area contributed by atoms with Gasteiger partial charge in [-0.3, -0.25) is 9.69 Å². The Labute approximate surface area is 110 Å². The SMILES string of the molecule is C=CCN(CC(=O)O)C(C)c1cccc(Br)c1. The Bertz CT molecular complexity index is 406. The second-order valence-electron chi connectivity index (χ2n) is 3.84. The highest BCUT2D eigenvalue weighted by Crippen LogP contribution is 2.22. The number of rotatable bonds is 6. The Morgan fingerprint density at radius 3 is 2.88 bits per heavy atom. The van der Waals surface area contributed by atoms with Crippen molar-refractivity contribution in [2.75, 3.05) is 13.1 Å². The van der Waals surface area contributed by atoms with Gasteiger partial charge in [-0.1, -0.05) is 34.1 Å². The van der Waals surface area contributed by atoms with E-state index in [2.05, 4.69) is 22.5 Å². The molecule has 1 aromatic rings. The van der Waals surface area contributed by atoms with E-state index in [0.29, 0.717) is 6.54 Å². The molecule has 0 fully saturated rings. The summed E-state index contributed by atoms with van der Waals surface area (Å²) >= 11 is 3.41. The fourth-order valence-corrected chi connectivity index (χ4v) is 2.09. The van der Waals surface area contributed by atoms with Crippen molar-refractivity contribution in [2.45, 2.75) is 13.0 Å². The number of aliphatic carboxylic acids is 1. The predicted octanol–water partition coefficient (Wildman–Crippen LogP) is 3.08. The fourth-order valence-electron chi connectivity index (χ4n) is 1.68. The third-order valence-corrected chi connectivity index (χ3v) is 3.07. The van der Waals surface area contributed by atoms with Gasteiger partial charge in [-0.05, 0) is 24.6 Å². The lowest BCUT2D eigenvalue weighted by molar-refractivity contribution is -0.138. The molecule has 0 bridgehead atoms. The van der Waals surface area contributed by atoms with Crippen LogP contribution in [-0.4, -0.2) is 29.1 Å². The van der Waals surface area contributed by atoms with Crippen molar-refractivity contribution in [3.8, 4) is 0 Å². The zero-order chi connectivity index (χ0) is 12.8. The maximum atomic E-state index is 10.8. The van der Waals surface area contributed by atoms with E-state index in [4.69, 9.17) is 5.11 Å². The molecule has 0 heterocycles. The number of benzene rings is 1. The van der Waals surface area contributed by atoms with Crippen LogP contribution in [0.1, 0.15) is 18.5 Å². The standard InChI is InChI=1S/C13H16BrNO2/c1-3-7-15(9-13(16)17)10(2)11-5-4-6-12(14)8-11/h3-6,8,10H,1,7,9H2,2H3,(H,16,17). The molecular weight excluding hydrogens is 282 g/mol. The molecule has 4 heteroatoms. The largest absolute Gasteiger partial charge is 0.480 e. The molecule has 1 atom stereocenters. The van der Waals surface area contributed by atoms with E-state index in [1.807, 2.05) is 36.1 Å². The monoisotopic (exact) mass is 297 g/mol. The van der Waals surface area contributed by atoms with Gasteiger partial charge in [0.15, 0.2) is 0 Å². The number of hydrogen-bond donors (Lipinski definition) is 1. The van der Waals surface area contributed by atoms with E-state index in [-0.39, 0.29) is 12.6 Å². The van der Waals surface area contributed by atoms with Crippen LogP contribution in [0.25, 0.3) is 0 Å². The van der Waals surface area contributed by atoms with Gasteiger partial charge < -0.3 is 5.11 Å². The molecule has 0 amide bonds. The topological polar surface area (TPSA) is 40.5 Å². The predicted molar refractivity (Wildman–Crippen MR) is 72.0 cm³/mol. The average Bonchev–Trinajstić information content (AvgIpc) is 2.27. The van der Waals surface area contributed by atoms with Crippen molar-refractivity contribution in [2.24, 2.45) is 0 Å². The number of hydrogen-bond acceptors (Lipinski definition) is 2. The van der Waals surface area contributed by atoms with Gasteiger partial charge in [0.1, 0.15) is 0 Å². The Hall–Kier alpha value is -1.13. The summed E-state index contributed by atoms with van der Waals surface area (Å²) in [6.45, 7) is 6.22. The van der Waals surface area contributed by atoms with Crippen molar-refractivity contribution in [3.63, 3.8) is 0 Å². The zero-order valence-corrected chi connectivity index (χ0v) is 11.4.